The molecule has 7 nitrogen and oxygen atoms in total. The molecule has 2 aromatic carbocycles. The Hall–Kier alpha value is -2.90. The molecule has 2 amide bonds. The Labute approximate surface area is 179 Å². The first-order chi connectivity index (χ1) is 14.5. The fourth-order valence-electron chi connectivity index (χ4n) is 4.11. The van der Waals surface area contributed by atoms with Gasteiger partial charge in [0, 0.05) is 37.1 Å². The fraction of sp³-hybridized carbons (Fsp3) is 0.318. The zero-order valence-electron chi connectivity index (χ0n) is 16.5. The molecule has 0 aliphatic carbocycles. The third-order valence-electron chi connectivity index (χ3n) is 5.54. The van der Waals surface area contributed by atoms with E-state index in [1.54, 1.807) is 48.5 Å². The average Bonchev–Trinajstić information content (AvgIpc) is 3.11. The molecule has 0 N–H and O–H groups in total. The highest BCUT2D eigenvalue weighted by molar-refractivity contribution is 6.31. The van der Waals surface area contributed by atoms with Crippen LogP contribution in [0.1, 0.15) is 28.8 Å². The molecule has 8 heteroatoms. The Bertz CT molecular complexity index is 1010. The second-order valence-corrected chi connectivity index (χ2v) is 7.59. The summed E-state index contributed by atoms with van der Waals surface area (Å²) in [6.45, 7) is 0.306. The maximum atomic E-state index is 13.5. The molecule has 0 unspecified atom stereocenters. The summed E-state index contributed by atoms with van der Waals surface area (Å²) < 4.78 is 10.8. The van der Waals surface area contributed by atoms with Crippen LogP contribution in [0, 0.1) is 0 Å². The highest BCUT2D eigenvalue weighted by Crippen LogP contribution is 2.45. The zero-order valence-corrected chi connectivity index (χ0v) is 17.2. The van der Waals surface area contributed by atoms with Gasteiger partial charge in [-0.15, -0.1) is 0 Å². The number of carbonyl (C=O) groups is 3. The van der Waals surface area contributed by atoms with E-state index >= 15 is 0 Å². The molecule has 1 saturated heterocycles. The molecule has 0 saturated carbocycles. The number of anilines is 1. The van der Waals surface area contributed by atoms with Crippen LogP contribution in [0.5, 0.6) is 0 Å². The number of benzene rings is 2. The number of hydrogen-bond donors (Lipinski definition) is 0. The molecule has 1 atom stereocenters. The molecule has 30 heavy (non-hydrogen) atoms. The lowest BCUT2D eigenvalue weighted by atomic mass is 9.96. The van der Waals surface area contributed by atoms with Crippen molar-refractivity contribution in [1.29, 1.82) is 0 Å². The number of methoxy groups -OCH3 is 1. The first-order valence-electron chi connectivity index (χ1n) is 9.64. The summed E-state index contributed by atoms with van der Waals surface area (Å²) in [5.41, 5.74) is -0.0972. The maximum Gasteiger partial charge on any atom is 0.354 e. The van der Waals surface area contributed by atoms with Crippen LogP contribution >= 0.6 is 11.6 Å². The monoisotopic (exact) mass is 428 g/mol. The summed E-state index contributed by atoms with van der Waals surface area (Å²) in [6.07, 6.45) is 0.281. The predicted octanol–water partition coefficient (Wildman–Crippen LogP) is 3.01. The van der Waals surface area contributed by atoms with Crippen LogP contribution in [0.2, 0.25) is 5.02 Å². The highest BCUT2D eigenvalue weighted by atomic mass is 35.5. The zero-order chi connectivity index (χ0) is 21.3. The number of amides is 2. The van der Waals surface area contributed by atoms with Crippen LogP contribution in [0.4, 0.5) is 5.69 Å². The molecule has 0 bridgehead atoms. The van der Waals surface area contributed by atoms with Crippen molar-refractivity contribution in [2.75, 3.05) is 25.2 Å². The summed E-state index contributed by atoms with van der Waals surface area (Å²) in [5.74, 6) is -1.22. The van der Waals surface area contributed by atoms with Gasteiger partial charge in [0.1, 0.15) is 6.61 Å². The molecule has 2 aliphatic heterocycles. The van der Waals surface area contributed by atoms with Crippen molar-refractivity contribution < 1.29 is 23.9 Å². The summed E-state index contributed by atoms with van der Waals surface area (Å²) in [4.78, 5) is 42.5. The smallest absolute Gasteiger partial charge is 0.354 e. The lowest BCUT2D eigenvalue weighted by molar-refractivity contribution is -0.159. The molecule has 4 rings (SSSR count). The van der Waals surface area contributed by atoms with E-state index in [-0.39, 0.29) is 44.4 Å². The van der Waals surface area contributed by atoms with Crippen LogP contribution in [0.25, 0.3) is 0 Å². The van der Waals surface area contributed by atoms with Crippen molar-refractivity contribution in [3.8, 4) is 0 Å². The van der Waals surface area contributed by atoms with E-state index in [9.17, 15) is 14.4 Å². The van der Waals surface area contributed by atoms with Crippen molar-refractivity contribution >= 4 is 35.1 Å². The van der Waals surface area contributed by atoms with Crippen LogP contribution in [-0.2, 0) is 25.7 Å². The Morgan fingerprint density at radius 1 is 1.13 bits per heavy atom. The van der Waals surface area contributed by atoms with E-state index in [0.29, 0.717) is 21.8 Å². The van der Waals surface area contributed by atoms with Crippen molar-refractivity contribution in [3.05, 3.63) is 64.7 Å². The van der Waals surface area contributed by atoms with E-state index < -0.39 is 11.6 Å². The largest absolute Gasteiger partial charge is 0.458 e. The van der Waals surface area contributed by atoms with Gasteiger partial charge in [-0.2, -0.15) is 0 Å². The van der Waals surface area contributed by atoms with E-state index in [1.165, 1.54) is 16.9 Å². The van der Waals surface area contributed by atoms with Crippen molar-refractivity contribution in [3.63, 3.8) is 0 Å². The Morgan fingerprint density at radius 2 is 1.87 bits per heavy atom. The van der Waals surface area contributed by atoms with Crippen LogP contribution in [-0.4, -0.2) is 48.6 Å². The lowest BCUT2D eigenvalue weighted by Gasteiger charge is -2.48. The second kappa shape index (κ2) is 8.08. The van der Waals surface area contributed by atoms with Gasteiger partial charge in [0.05, 0.1) is 17.9 Å². The SMILES string of the molecule is COCCN1C(=O)c2ccccc2N2C(=O)CC[C@@]12C(=O)OCc1ccccc1Cl. The fourth-order valence-corrected chi connectivity index (χ4v) is 4.30. The maximum absolute atomic E-state index is 13.5. The molecule has 1 fully saturated rings. The number of rotatable bonds is 6. The van der Waals surface area contributed by atoms with Crippen molar-refractivity contribution in [2.24, 2.45) is 0 Å². The first-order valence-corrected chi connectivity index (χ1v) is 10.0. The van der Waals surface area contributed by atoms with Gasteiger partial charge in [-0.1, -0.05) is 41.9 Å². The van der Waals surface area contributed by atoms with E-state index in [2.05, 4.69) is 0 Å². The third kappa shape index (κ3) is 3.14. The highest BCUT2D eigenvalue weighted by Gasteiger charge is 2.61. The van der Waals surface area contributed by atoms with Gasteiger partial charge < -0.3 is 14.4 Å². The summed E-state index contributed by atoms with van der Waals surface area (Å²) in [5, 5.41) is 0.475. The van der Waals surface area contributed by atoms with Gasteiger partial charge in [-0.05, 0) is 18.2 Å². The minimum atomic E-state index is -1.54. The molecular weight excluding hydrogens is 408 g/mol. The standard InChI is InChI=1S/C22H21ClN2O5/c1-29-13-12-24-20(27)16-7-3-5-9-18(16)25-19(26)10-11-22(24,25)21(28)30-14-15-6-2-4-8-17(15)23/h2-9H,10-14H2,1H3/t22-/m1/s1. The van der Waals surface area contributed by atoms with E-state index in [4.69, 9.17) is 21.1 Å². The van der Waals surface area contributed by atoms with Crippen molar-refractivity contribution in [2.45, 2.75) is 25.1 Å². The van der Waals surface area contributed by atoms with E-state index in [0.717, 1.165) is 0 Å². The van der Waals surface area contributed by atoms with Crippen LogP contribution in [0.3, 0.4) is 0 Å². The molecule has 2 aliphatic rings. The Morgan fingerprint density at radius 3 is 2.63 bits per heavy atom. The molecular formula is C22H21ClN2O5. The van der Waals surface area contributed by atoms with Gasteiger partial charge in [-0.3, -0.25) is 14.5 Å². The van der Waals surface area contributed by atoms with E-state index in [1.807, 2.05) is 0 Å². The quantitative estimate of drug-likeness (QED) is 0.661. The van der Waals surface area contributed by atoms with Gasteiger partial charge in [-0.25, -0.2) is 4.79 Å². The van der Waals surface area contributed by atoms with Crippen LogP contribution in [0.15, 0.2) is 48.5 Å². The van der Waals surface area contributed by atoms with Gasteiger partial charge in [0.2, 0.25) is 11.6 Å². The number of ether oxygens (including phenoxy) is 2. The summed E-state index contributed by atoms with van der Waals surface area (Å²) in [6, 6.07) is 13.9. The Kier molecular flexibility index (Phi) is 5.49. The van der Waals surface area contributed by atoms with Crippen molar-refractivity contribution in [1.82, 2.24) is 4.90 Å². The number of halogens is 1. The lowest BCUT2D eigenvalue weighted by Crippen LogP contribution is -2.68. The number of fused-ring (bicyclic) bond motifs is 3. The predicted molar refractivity (Wildman–Crippen MR) is 110 cm³/mol. The molecule has 156 valence electrons. The van der Waals surface area contributed by atoms with Gasteiger partial charge >= 0.3 is 5.97 Å². The topological polar surface area (TPSA) is 76.2 Å². The number of hydrogen-bond acceptors (Lipinski definition) is 5. The molecule has 0 spiro atoms. The number of para-hydroxylation sites is 1. The van der Waals surface area contributed by atoms with Crippen LogP contribution < -0.4 is 4.90 Å². The Balaban J connectivity index is 1.74. The third-order valence-corrected chi connectivity index (χ3v) is 5.91. The molecule has 2 aromatic rings. The minimum absolute atomic E-state index is 0.0593. The minimum Gasteiger partial charge on any atom is -0.458 e. The second-order valence-electron chi connectivity index (χ2n) is 7.18. The molecule has 2 heterocycles. The number of nitrogens with zero attached hydrogens (tertiary/aromatic N) is 2. The number of esters is 1. The van der Waals surface area contributed by atoms with Gasteiger partial charge in [0.15, 0.2) is 0 Å². The molecule has 0 aromatic heterocycles. The average molecular weight is 429 g/mol. The molecule has 0 radical (unpaired) electrons. The number of carbonyl (C=O) groups excluding carboxylic acids is 3. The normalized spacial score (nSPS) is 20.2. The first kappa shape index (κ1) is 20.4. The summed E-state index contributed by atoms with van der Waals surface area (Å²) in [7, 11) is 1.52. The van der Waals surface area contributed by atoms with Gasteiger partial charge in [0.25, 0.3) is 5.91 Å². The summed E-state index contributed by atoms with van der Waals surface area (Å²) >= 11 is 6.18.